The molecule has 0 heterocycles. The van der Waals surface area contributed by atoms with E-state index in [1.165, 1.54) is 0 Å². The summed E-state index contributed by atoms with van der Waals surface area (Å²) >= 11 is 0. The van der Waals surface area contributed by atoms with Gasteiger partial charge in [-0.25, -0.2) is 0 Å². The van der Waals surface area contributed by atoms with Gasteiger partial charge in [-0.1, -0.05) is 44.9 Å². The fraction of sp³-hybridized carbons (Fsp3) is 0.600. The monoisotopic (exact) mass is 490 g/mol. The lowest BCUT2D eigenvalue weighted by molar-refractivity contribution is 0.0306. The van der Waals surface area contributed by atoms with Crippen LogP contribution < -0.4 is 16.0 Å². The Balaban J connectivity index is 0.00000676. The number of hydrogen-bond donors (Lipinski definition) is 4. The van der Waals surface area contributed by atoms with Crippen LogP contribution in [0.4, 0.5) is 0 Å². The summed E-state index contributed by atoms with van der Waals surface area (Å²) in [6.07, 6.45) is 3.36. The molecule has 0 aliphatic heterocycles. The zero-order valence-corrected chi connectivity index (χ0v) is 19.1. The smallest absolute Gasteiger partial charge is 0.251 e. The van der Waals surface area contributed by atoms with Crippen molar-refractivity contribution < 1.29 is 9.90 Å². The lowest BCUT2D eigenvalue weighted by Gasteiger charge is -2.26. The number of nitrogens with one attached hydrogen (secondary N) is 3. The molecule has 0 saturated carbocycles. The lowest BCUT2D eigenvalue weighted by Crippen LogP contribution is -2.43. The quantitative estimate of drug-likeness (QED) is 0.166. The van der Waals surface area contributed by atoms with Crippen molar-refractivity contribution in [2.75, 3.05) is 26.2 Å². The van der Waals surface area contributed by atoms with Gasteiger partial charge < -0.3 is 21.1 Å². The van der Waals surface area contributed by atoms with E-state index in [2.05, 4.69) is 34.8 Å². The summed E-state index contributed by atoms with van der Waals surface area (Å²) in [6.45, 7) is 8.31. The van der Waals surface area contributed by atoms with Gasteiger partial charge in [0.2, 0.25) is 0 Å². The molecule has 154 valence electrons. The second-order valence-corrected chi connectivity index (χ2v) is 6.47. The van der Waals surface area contributed by atoms with Crippen molar-refractivity contribution in [3.05, 3.63) is 35.9 Å². The average molecular weight is 490 g/mol. The van der Waals surface area contributed by atoms with E-state index in [1.54, 1.807) is 12.1 Å². The first-order chi connectivity index (χ1) is 12.5. The number of aliphatic imine (C=N–C) groups is 1. The van der Waals surface area contributed by atoms with E-state index in [-0.39, 0.29) is 29.9 Å². The van der Waals surface area contributed by atoms with Crippen molar-refractivity contribution >= 4 is 35.8 Å². The van der Waals surface area contributed by atoms with Gasteiger partial charge in [-0.15, -0.1) is 24.0 Å². The van der Waals surface area contributed by atoms with Gasteiger partial charge in [0.25, 0.3) is 5.91 Å². The van der Waals surface area contributed by atoms with Gasteiger partial charge in [0.05, 0.1) is 12.1 Å². The average Bonchev–Trinajstić information content (AvgIpc) is 2.64. The second kappa shape index (κ2) is 14.7. The van der Waals surface area contributed by atoms with Crippen LogP contribution in [-0.4, -0.2) is 48.8 Å². The molecule has 0 aromatic heterocycles. The Kier molecular flexibility index (Phi) is 13.9. The first kappa shape index (κ1) is 25.6. The van der Waals surface area contributed by atoms with Crippen LogP contribution >= 0.6 is 24.0 Å². The number of guanidine groups is 1. The number of rotatable bonds is 11. The molecule has 1 amide bonds. The summed E-state index contributed by atoms with van der Waals surface area (Å²) in [7, 11) is 0. The van der Waals surface area contributed by atoms with E-state index >= 15 is 0 Å². The van der Waals surface area contributed by atoms with Crippen LogP contribution in [0.3, 0.4) is 0 Å². The zero-order chi connectivity index (χ0) is 19.3. The van der Waals surface area contributed by atoms with Crippen LogP contribution in [0.1, 0.15) is 56.8 Å². The molecule has 0 atom stereocenters. The first-order valence-corrected chi connectivity index (χ1v) is 9.62. The molecular weight excluding hydrogens is 455 g/mol. The van der Waals surface area contributed by atoms with Gasteiger partial charge >= 0.3 is 0 Å². The lowest BCUT2D eigenvalue weighted by atomic mass is 9.93. The topological polar surface area (TPSA) is 85.8 Å². The Labute approximate surface area is 180 Å². The Morgan fingerprint density at radius 3 is 2.15 bits per heavy atom. The van der Waals surface area contributed by atoms with Crippen molar-refractivity contribution in [3.63, 3.8) is 0 Å². The van der Waals surface area contributed by atoms with Crippen LogP contribution in [-0.2, 0) is 0 Å². The number of aliphatic hydroxyl groups is 1. The number of amides is 1. The second-order valence-electron chi connectivity index (χ2n) is 6.47. The SMILES string of the molecule is CCCC(O)(CCC)CN=C(NCC)NCCNC(=O)c1ccccc1.I. The molecule has 0 fully saturated rings. The molecule has 0 radical (unpaired) electrons. The van der Waals surface area contributed by atoms with Gasteiger partial charge in [0.15, 0.2) is 5.96 Å². The van der Waals surface area contributed by atoms with E-state index < -0.39 is 5.60 Å². The molecule has 1 aromatic rings. The highest BCUT2D eigenvalue weighted by Gasteiger charge is 2.24. The van der Waals surface area contributed by atoms with Crippen LogP contribution in [0.5, 0.6) is 0 Å². The third-order valence-corrected chi connectivity index (χ3v) is 4.05. The maximum Gasteiger partial charge on any atom is 0.251 e. The Morgan fingerprint density at radius 2 is 1.59 bits per heavy atom. The van der Waals surface area contributed by atoms with Crippen LogP contribution in [0, 0.1) is 0 Å². The number of carbonyl (C=O) groups excluding carboxylic acids is 1. The maximum absolute atomic E-state index is 12.0. The Bertz CT molecular complexity index is 546. The normalized spacial score (nSPS) is 11.5. The molecule has 0 spiro atoms. The van der Waals surface area contributed by atoms with Crippen molar-refractivity contribution in [3.8, 4) is 0 Å². The molecule has 27 heavy (non-hydrogen) atoms. The van der Waals surface area contributed by atoms with Crippen LogP contribution in [0.25, 0.3) is 0 Å². The Morgan fingerprint density at radius 1 is 1.00 bits per heavy atom. The summed E-state index contributed by atoms with van der Waals surface area (Å²) in [6, 6.07) is 9.15. The van der Waals surface area contributed by atoms with Crippen LogP contribution in [0.2, 0.25) is 0 Å². The number of hydrogen-bond acceptors (Lipinski definition) is 3. The van der Waals surface area contributed by atoms with Crippen molar-refractivity contribution in [1.29, 1.82) is 0 Å². The summed E-state index contributed by atoms with van der Waals surface area (Å²) in [5.74, 6) is 0.571. The first-order valence-electron chi connectivity index (χ1n) is 9.62. The molecule has 1 rings (SSSR count). The summed E-state index contributed by atoms with van der Waals surface area (Å²) in [5.41, 5.74) is -0.0924. The summed E-state index contributed by atoms with van der Waals surface area (Å²) in [5, 5.41) is 19.9. The van der Waals surface area contributed by atoms with E-state index in [0.717, 1.165) is 32.2 Å². The highest BCUT2D eigenvalue weighted by atomic mass is 127. The minimum Gasteiger partial charge on any atom is -0.388 e. The standard InChI is InChI=1S/C20H34N4O2.HI/c1-4-12-20(26,13-5-2)16-24-19(21-6-3)23-15-14-22-18(25)17-10-8-7-9-11-17;/h7-11,26H,4-6,12-16H2,1-3H3,(H,22,25)(H2,21,23,24);1H. The van der Waals surface area contributed by atoms with E-state index in [0.29, 0.717) is 31.2 Å². The minimum absolute atomic E-state index is 0. The molecule has 0 saturated heterocycles. The molecule has 0 unspecified atom stereocenters. The van der Waals surface area contributed by atoms with E-state index in [1.807, 2.05) is 25.1 Å². The molecule has 0 aliphatic carbocycles. The number of nitrogens with zero attached hydrogens (tertiary/aromatic N) is 1. The van der Waals surface area contributed by atoms with Gasteiger partial charge in [-0.3, -0.25) is 9.79 Å². The largest absolute Gasteiger partial charge is 0.388 e. The fourth-order valence-electron chi connectivity index (χ4n) is 2.83. The molecule has 0 aliphatic rings. The summed E-state index contributed by atoms with van der Waals surface area (Å²) < 4.78 is 0. The minimum atomic E-state index is -0.743. The number of halogens is 1. The van der Waals surface area contributed by atoms with Crippen molar-refractivity contribution in [2.24, 2.45) is 4.99 Å². The number of carbonyl (C=O) groups is 1. The van der Waals surface area contributed by atoms with Gasteiger partial charge in [0.1, 0.15) is 0 Å². The summed E-state index contributed by atoms with van der Waals surface area (Å²) in [4.78, 5) is 16.5. The maximum atomic E-state index is 12.0. The zero-order valence-electron chi connectivity index (χ0n) is 16.8. The molecule has 4 N–H and O–H groups in total. The Hall–Kier alpha value is -1.35. The van der Waals surface area contributed by atoms with Gasteiger partial charge in [0, 0.05) is 25.2 Å². The molecule has 7 heteroatoms. The van der Waals surface area contributed by atoms with Gasteiger partial charge in [-0.2, -0.15) is 0 Å². The third kappa shape index (κ3) is 10.5. The predicted molar refractivity (Wildman–Crippen MR) is 123 cm³/mol. The highest BCUT2D eigenvalue weighted by Crippen LogP contribution is 2.19. The van der Waals surface area contributed by atoms with E-state index in [4.69, 9.17) is 0 Å². The van der Waals surface area contributed by atoms with Crippen LogP contribution in [0.15, 0.2) is 35.3 Å². The van der Waals surface area contributed by atoms with E-state index in [9.17, 15) is 9.90 Å². The van der Waals surface area contributed by atoms with Crippen molar-refractivity contribution in [1.82, 2.24) is 16.0 Å². The molecule has 6 nitrogen and oxygen atoms in total. The number of benzene rings is 1. The fourth-order valence-corrected chi connectivity index (χ4v) is 2.83. The molecule has 1 aromatic carbocycles. The van der Waals surface area contributed by atoms with Gasteiger partial charge in [-0.05, 0) is 31.9 Å². The third-order valence-electron chi connectivity index (χ3n) is 4.05. The molecule has 0 bridgehead atoms. The molecular formula is C20H35IN4O2. The van der Waals surface area contributed by atoms with Crippen molar-refractivity contribution in [2.45, 2.75) is 52.1 Å². The predicted octanol–water partition coefficient (Wildman–Crippen LogP) is 2.92. The highest BCUT2D eigenvalue weighted by molar-refractivity contribution is 14.0.